The van der Waals surface area contributed by atoms with Gasteiger partial charge in [-0.2, -0.15) is 0 Å². The Bertz CT molecular complexity index is 1230. The zero-order valence-electron chi connectivity index (χ0n) is 18.3. The van der Waals surface area contributed by atoms with Crippen molar-refractivity contribution >= 4 is 15.7 Å². The number of nitrogens with two attached hydrogens (primary N) is 1. The molecule has 0 bridgehead atoms. The Balaban J connectivity index is 1.99. The van der Waals surface area contributed by atoms with Crippen LogP contribution >= 0.6 is 0 Å². The van der Waals surface area contributed by atoms with E-state index in [0.717, 1.165) is 0 Å². The van der Waals surface area contributed by atoms with Gasteiger partial charge in [-0.3, -0.25) is 0 Å². The van der Waals surface area contributed by atoms with Crippen molar-refractivity contribution in [3.05, 3.63) is 65.6 Å². The van der Waals surface area contributed by atoms with E-state index in [1.54, 1.807) is 38.4 Å². The molecule has 3 rings (SSSR count). The van der Waals surface area contributed by atoms with Gasteiger partial charge in [0, 0.05) is 30.1 Å². The summed E-state index contributed by atoms with van der Waals surface area (Å²) in [6, 6.07) is 11.1. The van der Waals surface area contributed by atoms with Crippen LogP contribution in [0.4, 0.5) is 10.2 Å². The van der Waals surface area contributed by atoms with E-state index >= 15 is 0 Å². The number of anilines is 1. The van der Waals surface area contributed by atoms with Crippen molar-refractivity contribution in [2.45, 2.75) is 24.5 Å². The first kappa shape index (κ1) is 23.5. The molecular formula is C23H26FN3O4S. The summed E-state index contributed by atoms with van der Waals surface area (Å²) in [7, 11) is -0.188. The first-order chi connectivity index (χ1) is 15.1. The number of halogens is 1. The van der Waals surface area contributed by atoms with Gasteiger partial charge in [-0.1, -0.05) is 12.1 Å². The van der Waals surface area contributed by atoms with Gasteiger partial charge in [0.1, 0.15) is 17.7 Å². The first-order valence-electron chi connectivity index (χ1n) is 9.87. The van der Waals surface area contributed by atoms with Crippen molar-refractivity contribution < 1.29 is 22.3 Å². The lowest BCUT2D eigenvalue weighted by Crippen LogP contribution is -2.10. The molecule has 3 N–H and O–H groups in total. The van der Waals surface area contributed by atoms with Crippen LogP contribution in [-0.2, 0) is 16.4 Å². The summed E-state index contributed by atoms with van der Waals surface area (Å²) in [6.45, 7) is 2.17. The largest absolute Gasteiger partial charge is 0.496 e. The number of rotatable bonds is 8. The third-order valence-electron chi connectivity index (χ3n) is 4.98. The Kier molecular flexibility index (Phi) is 7.00. The van der Waals surface area contributed by atoms with Crippen molar-refractivity contribution in [3.63, 3.8) is 0 Å². The molecule has 0 spiro atoms. The van der Waals surface area contributed by atoms with E-state index in [9.17, 15) is 12.8 Å². The molecular weight excluding hydrogens is 433 g/mol. The molecule has 170 valence electrons. The van der Waals surface area contributed by atoms with Crippen LogP contribution in [0.3, 0.4) is 0 Å². The summed E-state index contributed by atoms with van der Waals surface area (Å²) >= 11 is 0. The number of pyridine rings is 1. The molecule has 32 heavy (non-hydrogen) atoms. The van der Waals surface area contributed by atoms with E-state index in [1.165, 1.54) is 31.6 Å². The summed E-state index contributed by atoms with van der Waals surface area (Å²) in [6.07, 6.45) is 2.15. The van der Waals surface area contributed by atoms with E-state index in [2.05, 4.69) is 10.3 Å². The molecule has 0 fully saturated rings. The lowest BCUT2D eigenvalue weighted by Gasteiger charge is -2.19. The van der Waals surface area contributed by atoms with Crippen molar-refractivity contribution in [1.29, 1.82) is 0 Å². The van der Waals surface area contributed by atoms with Crippen LogP contribution in [-0.4, -0.2) is 33.8 Å². The quantitative estimate of drug-likeness (QED) is 0.529. The van der Waals surface area contributed by atoms with Crippen molar-refractivity contribution in [2.75, 3.05) is 26.1 Å². The summed E-state index contributed by atoms with van der Waals surface area (Å²) in [5, 5.41) is 2.97. The van der Waals surface area contributed by atoms with Crippen molar-refractivity contribution in [1.82, 2.24) is 10.3 Å². The minimum atomic E-state index is -3.44. The number of hydrogen-bond donors (Lipinski definition) is 2. The third-order valence-corrected chi connectivity index (χ3v) is 6.16. The predicted octanol–water partition coefficient (Wildman–Crippen LogP) is 3.74. The molecule has 7 nitrogen and oxygen atoms in total. The topological polar surface area (TPSA) is 104 Å². The van der Waals surface area contributed by atoms with E-state index in [0.29, 0.717) is 40.3 Å². The summed E-state index contributed by atoms with van der Waals surface area (Å²) in [5.74, 6) is 0.526. The minimum Gasteiger partial charge on any atom is -0.496 e. The van der Waals surface area contributed by atoms with Crippen molar-refractivity contribution in [3.8, 4) is 22.6 Å². The van der Waals surface area contributed by atoms with Crippen molar-refractivity contribution in [2.24, 2.45) is 0 Å². The zero-order chi connectivity index (χ0) is 23.5. The molecule has 3 aromatic rings. The summed E-state index contributed by atoms with van der Waals surface area (Å²) < 4.78 is 49.6. The fourth-order valence-electron chi connectivity index (χ4n) is 3.40. The van der Waals surface area contributed by atoms with Crippen LogP contribution in [0.25, 0.3) is 11.1 Å². The Morgan fingerprint density at radius 1 is 1.12 bits per heavy atom. The second-order valence-electron chi connectivity index (χ2n) is 7.38. The molecule has 1 atom stereocenters. The molecule has 1 aromatic heterocycles. The molecule has 2 aromatic carbocycles. The van der Waals surface area contributed by atoms with Gasteiger partial charge in [0.2, 0.25) is 0 Å². The number of benzene rings is 2. The van der Waals surface area contributed by atoms with Gasteiger partial charge in [-0.25, -0.2) is 17.8 Å². The van der Waals surface area contributed by atoms with Crippen LogP contribution in [0.15, 0.2) is 53.6 Å². The molecule has 0 radical (unpaired) electrons. The molecule has 0 saturated heterocycles. The fraction of sp³-hybridized carbons (Fsp3) is 0.261. The first-order valence-corrected chi connectivity index (χ1v) is 11.8. The highest BCUT2D eigenvalue weighted by atomic mass is 32.2. The average Bonchev–Trinajstić information content (AvgIpc) is 2.75. The molecule has 0 saturated carbocycles. The van der Waals surface area contributed by atoms with Crippen LogP contribution in [0, 0.1) is 5.82 Å². The Hall–Kier alpha value is -3.17. The average molecular weight is 460 g/mol. The van der Waals surface area contributed by atoms with E-state index in [1.807, 2.05) is 6.07 Å². The summed E-state index contributed by atoms with van der Waals surface area (Å²) in [4.78, 5) is 4.44. The monoisotopic (exact) mass is 459 g/mol. The lowest BCUT2D eigenvalue weighted by molar-refractivity contribution is 0.221. The second-order valence-corrected chi connectivity index (χ2v) is 9.36. The van der Waals surface area contributed by atoms with Gasteiger partial charge < -0.3 is 20.5 Å². The van der Waals surface area contributed by atoms with Gasteiger partial charge >= 0.3 is 0 Å². The molecule has 0 aliphatic heterocycles. The van der Waals surface area contributed by atoms with Gasteiger partial charge in [0.05, 0.1) is 12.0 Å². The maximum Gasteiger partial charge on any atom is 0.175 e. The Morgan fingerprint density at radius 3 is 2.53 bits per heavy atom. The highest BCUT2D eigenvalue weighted by Gasteiger charge is 2.18. The molecule has 1 heterocycles. The SMILES string of the molecule is CNCc1ccc(-c2cnc(N)c(OC(C)c3cc(F)ccc3OC)c2)cc1S(C)(=O)=O. The number of hydrogen-bond acceptors (Lipinski definition) is 7. The molecule has 9 heteroatoms. The van der Waals surface area contributed by atoms with Gasteiger partial charge in [0.15, 0.2) is 21.4 Å². The number of methoxy groups -OCH3 is 1. The smallest absolute Gasteiger partial charge is 0.175 e. The van der Waals surface area contributed by atoms with Crippen LogP contribution in [0.5, 0.6) is 11.5 Å². The summed E-state index contributed by atoms with van der Waals surface area (Å²) in [5.41, 5.74) is 8.49. The van der Waals surface area contributed by atoms with Gasteiger partial charge in [-0.05, 0) is 55.4 Å². The number of nitrogen functional groups attached to an aromatic ring is 1. The normalized spacial score (nSPS) is 12.4. The number of nitrogens with zero attached hydrogens (tertiary/aromatic N) is 1. The molecule has 0 aliphatic rings. The van der Waals surface area contributed by atoms with E-state index < -0.39 is 21.8 Å². The van der Waals surface area contributed by atoms with E-state index in [-0.39, 0.29) is 10.7 Å². The number of ether oxygens (including phenoxy) is 2. The van der Waals surface area contributed by atoms with Crippen LogP contribution in [0.1, 0.15) is 24.2 Å². The number of aromatic nitrogens is 1. The third kappa shape index (κ3) is 5.17. The number of sulfone groups is 1. The standard InChI is InChI=1S/C23H26FN3O4S/c1-14(19-11-18(24)7-8-20(19)30-3)31-21-9-17(13-27-23(21)25)15-5-6-16(12-26-2)22(10-15)32(4,28)29/h5-11,13-14,26H,12H2,1-4H3,(H2,25,27). The lowest BCUT2D eigenvalue weighted by atomic mass is 10.0. The Labute approximate surface area is 187 Å². The Morgan fingerprint density at radius 2 is 1.88 bits per heavy atom. The van der Waals surface area contributed by atoms with Crippen LogP contribution < -0.4 is 20.5 Å². The molecule has 0 aliphatic carbocycles. The fourth-order valence-corrected chi connectivity index (χ4v) is 4.36. The second kappa shape index (κ2) is 9.54. The predicted molar refractivity (Wildman–Crippen MR) is 122 cm³/mol. The van der Waals surface area contributed by atoms with Gasteiger partial charge in [0.25, 0.3) is 0 Å². The maximum atomic E-state index is 13.8. The number of nitrogens with one attached hydrogen (secondary N) is 1. The highest BCUT2D eigenvalue weighted by molar-refractivity contribution is 7.90. The molecule has 0 amide bonds. The minimum absolute atomic E-state index is 0.158. The highest BCUT2D eigenvalue weighted by Crippen LogP contribution is 2.34. The van der Waals surface area contributed by atoms with E-state index in [4.69, 9.17) is 15.2 Å². The molecule has 1 unspecified atom stereocenters. The van der Waals surface area contributed by atoms with Gasteiger partial charge in [-0.15, -0.1) is 0 Å². The zero-order valence-corrected chi connectivity index (χ0v) is 19.2. The maximum absolute atomic E-state index is 13.8. The van der Waals surface area contributed by atoms with Crippen LogP contribution in [0.2, 0.25) is 0 Å².